The lowest BCUT2D eigenvalue weighted by atomic mass is 9.49. The van der Waals surface area contributed by atoms with Crippen molar-refractivity contribution in [2.45, 2.75) is 144 Å². The molecule has 5 aliphatic heterocycles. The van der Waals surface area contributed by atoms with Crippen LogP contribution < -0.4 is 0 Å². The van der Waals surface area contributed by atoms with Gasteiger partial charge < -0.3 is 43.7 Å². The summed E-state index contributed by atoms with van der Waals surface area (Å²) in [5.41, 5.74) is -6.88. The molecule has 0 aromatic heterocycles. The van der Waals surface area contributed by atoms with Crippen LogP contribution in [-0.2, 0) is 42.8 Å². The van der Waals surface area contributed by atoms with Gasteiger partial charge in [0, 0.05) is 31.1 Å². The second-order valence-electron chi connectivity index (χ2n) is 15.6. The van der Waals surface area contributed by atoms with Crippen LogP contribution in [0, 0.1) is 29.1 Å². The van der Waals surface area contributed by atoms with Crippen LogP contribution in [0.3, 0.4) is 0 Å². The van der Waals surface area contributed by atoms with Crippen molar-refractivity contribution >= 4 is 17.9 Å². The van der Waals surface area contributed by atoms with E-state index in [1.165, 1.54) is 6.92 Å². The molecule has 8 fully saturated rings. The normalized spacial score (nSPS) is 60.4. The van der Waals surface area contributed by atoms with Crippen molar-refractivity contribution in [2.75, 3.05) is 0 Å². The Morgan fingerprint density at radius 1 is 0.977 bits per heavy atom. The van der Waals surface area contributed by atoms with E-state index in [1.54, 1.807) is 6.92 Å². The third kappa shape index (κ3) is 3.11. The molecule has 43 heavy (non-hydrogen) atoms. The molecule has 2 unspecified atom stereocenters. The summed E-state index contributed by atoms with van der Waals surface area (Å²) in [6.07, 6.45) is -4.71. The minimum Gasteiger partial charge on any atom is -0.459 e. The summed E-state index contributed by atoms with van der Waals surface area (Å²) in [6.45, 7) is 10.8. The van der Waals surface area contributed by atoms with Gasteiger partial charge in [0.05, 0.1) is 17.3 Å². The highest BCUT2D eigenvalue weighted by Gasteiger charge is 2.84. The molecular formula is C31H42O12. The minimum absolute atomic E-state index is 0.0210. The van der Waals surface area contributed by atoms with E-state index in [1.807, 2.05) is 27.7 Å². The highest BCUT2D eigenvalue weighted by molar-refractivity contribution is 5.86. The molecule has 0 amide bonds. The molecule has 12 heteroatoms. The molecule has 2 spiro atoms. The second-order valence-corrected chi connectivity index (χ2v) is 15.6. The minimum atomic E-state index is -1.57. The number of aliphatic hydroxyl groups excluding tert-OH is 2. The number of fused-ring (bicyclic) bond motifs is 3. The van der Waals surface area contributed by atoms with Gasteiger partial charge >= 0.3 is 17.9 Å². The van der Waals surface area contributed by atoms with E-state index < -0.39 is 100.0 Å². The molecule has 8 rings (SSSR count). The largest absolute Gasteiger partial charge is 0.459 e. The molecule has 5 heterocycles. The highest BCUT2D eigenvalue weighted by atomic mass is 16.7. The fourth-order valence-electron chi connectivity index (χ4n) is 11.6. The first-order valence-electron chi connectivity index (χ1n) is 15.7. The number of esters is 3. The number of carbonyl (C=O) groups excluding carboxylic acids is 3. The molecule has 16 atom stereocenters. The fraction of sp³-hybridized carbons (Fsp3) is 0.903. The van der Waals surface area contributed by atoms with Crippen molar-refractivity contribution in [1.29, 1.82) is 0 Å². The Kier molecular flexibility index (Phi) is 5.40. The fourth-order valence-corrected chi connectivity index (χ4v) is 11.6. The first-order valence-corrected chi connectivity index (χ1v) is 15.7. The van der Waals surface area contributed by atoms with E-state index in [4.69, 9.17) is 28.4 Å². The standard InChI is InChI=1S/C31H42O12/c1-12-14-9-17(33)27(5)16-8-7-15-26(3,4)41-22-19(34)24(35)43-30(15,22)11-29(16,37)10-18(38-13(2)32)31(14,27)40-20(12)21-23-28(6,42-23)25(36)39-21/h12,14-23,33-34,37H,7-11H2,1-6H3/t12-,14+,15-,16-,17-,18-,19+,20-,21+,22+,23?,27-,28?,29-,30+,31+/m0/s1. The van der Waals surface area contributed by atoms with Crippen LogP contribution in [0.1, 0.15) is 73.6 Å². The number of rotatable bonds is 2. The van der Waals surface area contributed by atoms with Crippen molar-refractivity contribution in [3.8, 4) is 0 Å². The van der Waals surface area contributed by atoms with Crippen LogP contribution in [-0.4, -0.2) is 104 Å². The van der Waals surface area contributed by atoms with Crippen molar-refractivity contribution in [3.63, 3.8) is 0 Å². The molecule has 3 N–H and O–H groups in total. The van der Waals surface area contributed by atoms with Gasteiger partial charge in [-0.15, -0.1) is 0 Å². The highest BCUT2D eigenvalue weighted by Crippen LogP contribution is 2.73. The van der Waals surface area contributed by atoms with Gasteiger partial charge in [0.25, 0.3) is 0 Å². The predicted octanol–water partition coefficient (Wildman–Crippen LogP) is 0.547. The lowest BCUT2D eigenvalue weighted by Gasteiger charge is -2.61. The average molecular weight is 607 g/mol. The Hall–Kier alpha value is -1.83. The second kappa shape index (κ2) is 8.11. The SMILES string of the molecule is CC(=O)O[C@H]1C[C@]2(O)C[C@]34OC(=O)[C@H](O)[C@H]3OC(C)(C)[C@@H]4CC[C@H]2[C@@]2(C)[C@@H](O)C[C@@H]3[C@H](C)[C@@H]([C@H]4OC(=O)C5(C)OC45)O[C@@]132. The molecule has 0 bridgehead atoms. The molecule has 0 radical (unpaired) electrons. The molecule has 3 saturated carbocycles. The van der Waals surface area contributed by atoms with E-state index in [0.29, 0.717) is 19.3 Å². The first kappa shape index (κ1) is 28.6. The van der Waals surface area contributed by atoms with Gasteiger partial charge in [-0.3, -0.25) is 4.79 Å². The molecule has 238 valence electrons. The molecule has 8 aliphatic rings. The first-order chi connectivity index (χ1) is 20.0. The van der Waals surface area contributed by atoms with Gasteiger partial charge in [-0.05, 0) is 57.8 Å². The summed E-state index contributed by atoms with van der Waals surface area (Å²) >= 11 is 0. The number of aliphatic hydroxyl groups is 3. The Balaban J connectivity index is 1.24. The zero-order valence-electron chi connectivity index (χ0n) is 25.4. The molecule has 3 aliphatic carbocycles. The molecular weight excluding hydrogens is 564 g/mol. The van der Waals surface area contributed by atoms with Gasteiger partial charge in [0.1, 0.15) is 35.6 Å². The summed E-state index contributed by atoms with van der Waals surface area (Å²) in [4.78, 5) is 38.0. The Bertz CT molecular complexity index is 1320. The van der Waals surface area contributed by atoms with E-state index in [2.05, 4.69) is 0 Å². The quantitative estimate of drug-likeness (QED) is 0.227. The lowest BCUT2D eigenvalue weighted by Crippen LogP contribution is -2.72. The Labute approximate surface area is 249 Å². The lowest BCUT2D eigenvalue weighted by molar-refractivity contribution is -0.294. The summed E-state index contributed by atoms with van der Waals surface area (Å²) in [6, 6.07) is 0. The van der Waals surface area contributed by atoms with Crippen LogP contribution in [0.5, 0.6) is 0 Å². The van der Waals surface area contributed by atoms with Crippen LogP contribution >= 0.6 is 0 Å². The number of cyclic esters (lactones) is 1. The van der Waals surface area contributed by atoms with E-state index in [-0.39, 0.29) is 30.6 Å². The maximum Gasteiger partial charge on any atom is 0.341 e. The van der Waals surface area contributed by atoms with Crippen LogP contribution in [0.25, 0.3) is 0 Å². The summed E-state index contributed by atoms with van der Waals surface area (Å²) < 4.78 is 36.9. The van der Waals surface area contributed by atoms with Gasteiger partial charge in [-0.25, -0.2) is 9.59 Å². The number of carbonyl (C=O) groups is 3. The third-order valence-electron chi connectivity index (χ3n) is 13.4. The maximum absolute atomic E-state index is 12.8. The molecule has 0 aromatic carbocycles. The number of hydrogen-bond acceptors (Lipinski definition) is 12. The topological polar surface area (TPSA) is 171 Å². The van der Waals surface area contributed by atoms with E-state index in [0.717, 1.165) is 0 Å². The van der Waals surface area contributed by atoms with E-state index in [9.17, 15) is 29.7 Å². The van der Waals surface area contributed by atoms with Gasteiger partial charge in [-0.1, -0.05) is 13.8 Å². The number of hydrogen-bond donors (Lipinski definition) is 3. The van der Waals surface area contributed by atoms with Crippen LogP contribution in [0.15, 0.2) is 0 Å². The third-order valence-corrected chi connectivity index (χ3v) is 13.4. The molecule has 5 saturated heterocycles. The number of ether oxygens (including phenoxy) is 6. The Morgan fingerprint density at radius 2 is 1.67 bits per heavy atom. The van der Waals surface area contributed by atoms with Gasteiger partial charge in [0.15, 0.2) is 17.8 Å². The van der Waals surface area contributed by atoms with E-state index >= 15 is 0 Å². The van der Waals surface area contributed by atoms with Crippen molar-refractivity contribution in [3.05, 3.63) is 0 Å². The van der Waals surface area contributed by atoms with Crippen LogP contribution in [0.2, 0.25) is 0 Å². The smallest absolute Gasteiger partial charge is 0.341 e. The maximum atomic E-state index is 12.8. The van der Waals surface area contributed by atoms with Crippen molar-refractivity contribution in [1.82, 2.24) is 0 Å². The number of epoxide rings is 1. The summed E-state index contributed by atoms with van der Waals surface area (Å²) in [7, 11) is 0. The van der Waals surface area contributed by atoms with Crippen molar-refractivity contribution in [2.24, 2.45) is 29.1 Å². The van der Waals surface area contributed by atoms with Gasteiger partial charge in [0.2, 0.25) is 0 Å². The van der Waals surface area contributed by atoms with Crippen molar-refractivity contribution < 1.29 is 58.1 Å². The predicted molar refractivity (Wildman–Crippen MR) is 142 cm³/mol. The molecule has 0 aromatic rings. The molecule has 12 nitrogen and oxygen atoms in total. The average Bonchev–Trinajstić information content (AvgIpc) is 3.16. The van der Waals surface area contributed by atoms with Gasteiger partial charge in [-0.2, -0.15) is 0 Å². The summed E-state index contributed by atoms with van der Waals surface area (Å²) in [5, 5.41) is 35.6. The monoisotopic (exact) mass is 606 g/mol. The zero-order valence-corrected chi connectivity index (χ0v) is 25.4. The Morgan fingerprint density at radius 3 is 2.30 bits per heavy atom. The van der Waals surface area contributed by atoms with Crippen LogP contribution in [0.4, 0.5) is 0 Å². The summed E-state index contributed by atoms with van der Waals surface area (Å²) in [5.74, 6) is -3.08. The zero-order chi connectivity index (χ0) is 30.9.